The molecule has 1 fully saturated rings. The van der Waals surface area contributed by atoms with Gasteiger partial charge < -0.3 is 11.1 Å². The van der Waals surface area contributed by atoms with Gasteiger partial charge in [-0.1, -0.05) is 35.2 Å². The fourth-order valence-corrected chi connectivity index (χ4v) is 2.72. The lowest BCUT2D eigenvalue weighted by atomic mass is 9.83. The molecule has 100 valence electrons. The van der Waals surface area contributed by atoms with E-state index < -0.39 is 0 Å². The normalized spacial score (nSPS) is 17.5. The van der Waals surface area contributed by atoms with Crippen LogP contribution < -0.4 is 11.1 Å². The van der Waals surface area contributed by atoms with Crippen molar-refractivity contribution in [1.82, 2.24) is 5.32 Å². The van der Waals surface area contributed by atoms with Crippen molar-refractivity contribution >= 4 is 15.9 Å². The molecule has 2 rings (SSSR count). The summed E-state index contributed by atoms with van der Waals surface area (Å²) in [5.74, 6) is 0.674. The average Bonchev–Trinajstić information content (AvgIpc) is 2.31. The van der Waals surface area contributed by atoms with E-state index in [9.17, 15) is 4.39 Å². The van der Waals surface area contributed by atoms with Crippen LogP contribution >= 0.6 is 15.9 Å². The minimum absolute atomic E-state index is 0.0948. The molecule has 0 spiro atoms. The molecule has 0 aromatic heterocycles. The zero-order valence-electron chi connectivity index (χ0n) is 10.5. The summed E-state index contributed by atoms with van der Waals surface area (Å²) in [6.07, 6.45) is 5.23. The first-order valence-corrected chi connectivity index (χ1v) is 7.38. The van der Waals surface area contributed by atoms with Crippen LogP contribution in [0.2, 0.25) is 0 Å². The van der Waals surface area contributed by atoms with E-state index in [0.717, 1.165) is 16.9 Å². The van der Waals surface area contributed by atoms with Gasteiger partial charge in [-0.2, -0.15) is 0 Å². The lowest BCUT2D eigenvalue weighted by molar-refractivity contribution is 0.287. The van der Waals surface area contributed by atoms with Crippen molar-refractivity contribution in [2.24, 2.45) is 11.7 Å². The third-order valence-electron chi connectivity index (χ3n) is 3.74. The molecule has 1 saturated carbocycles. The predicted octanol–water partition coefficient (Wildman–Crippen LogP) is 3.37. The van der Waals surface area contributed by atoms with E-state index in [2.05, 4.69) is 21.2 Å². The molecule has 1 atom stereocenters. The molecule has 18 heavy (non-hydrogen) atoms. The summed E-state index contributed by atoms with van der Waals surface area (Å²) in [6.45, 7) is 1.33. The lowest BCUT2D eigenvalue weighted by Gasteiger charge is -2.26. The van der Waals surface area contributed by atoms with Gasteiger partial charge in [-0.05, 0) is 37.1 Å². The summed E-state index contributed by atoms with van der Waals surface area (Å²) in [6, 6.07) is 4.90. The summed E-state index contributed by atoms with van der Waals surface area (Å²) < 4.78 is 14.6. The Balaban J connectivity index is 1.91. The predicted molar refractivity (Wildman–Crippen MR) is 75.9 cm³/mol. The Morgan fingerprint density at radius 1 is 1.44 bits per heavy atom. The smallest absolute Gasteiger partial charge is 0.128 e. The Bertz CT molecular complexity index is 393. The summed E-state index contributed by atoms with van der Waals surface area (Å²) >= 11 is 3.37. The average molecular weight is 315 g/mol. The lowest BCUT2D eigenvalue weighted by Crippen LogP contribution is -2.31. The molecule has 1 aromatic rings. The maximum Gasteiger partial charge on any atom is 0.128 e. The summed E-state index contributed by atoms with van der Waals surface area (Å²) in [4.78, 5) is 0. The highest BCUT2D eigenvalue weighted by Gasteiger charge is 2.18. The van der Waals surface area contributed by atoms with Crippen molar-refractivity contribution in [3.8, 4) is 0 Å². The van der Waals surface area contributed by atoms with Gasteiger partial charge in [-0.25, -0.2) is 4.39 Å². The number of hydrogen-bond acceptors (Lipinski definition) is 2. The second-order valence-corrected chi connectivity index (χ2v) is 5.91. The van der Waals surface area contributed by atoms with E-state index in [1.165, 1.54) is 31.7 Å². The number of halogens is 2. The van der Waals surface area contributed by atoms with Gasteiger partial charge in [0.05, 0.1) is 0 Å². The Hall–Kier alpha value is -0.450. The van der Waals surface area contributed by atoms with Crippen molar-refractivity contribution in [3.05, 3.63) is 34.1 Å². The highest BCUT2D eigenvalue weighted by molar-refractivity contribution is 9.10. The fraction of sp³-hybridized carbons (Fsp3) is 0.571. The van der Waals surface area contributed by atoms with Crippen molar-refractivity contribution in [3.63, 3.8) is 0 Å². The van der Waals surface area contributed by atoms with Crippen LogP contribution in [0.4, 0.5) is 4.39 Å². The highest BCUT2D eigenvalue weighted by Crippen LogP contribution is 2.29. The second-order valence-electron chi connectivity index (χ2n) is 4.99. The van der Waals surface area contributed by atoms with Crippen LogP contribution in [0.25, 0.3) is 0 Å². The monoisotopic (exact) mass is 314 g/mol. The summed E-state index contributed by atoms with van der Waals surface area (Å²) in [7, 11) is 0. The zero-order chi connectivity index (χ0) is 13.0. The molecule has 0 saturated heterocycles. The Labute approximate surface area is 116 Å². The Morgan fingerprint density at radius 2 is 2.22 bits per heavy atom. The zero-order valence-corrected chi connectivity index (χ0v) is 12.0. The minimum atomic E-state index is -0.190. The van der Waals surface area contributed by atoms with Gasteiger partial charge in [-0.3, -0.25) is 0 Å². The standard InChI is InChI=1S/C14H20BrFN2/c15-11-4-5-13(16)12(8-11)14(9-17)18-7-6-10-2-1-3-10/h4-5,8,10,14,18H,1-3,6-7,9,17H2. The quantitative estimate of drug-likeness (QED) is 0.845. The number of hydrogen-bond donors (Lipinski definition) is 2. The molecular formula is C14H20BrFN2. The van der Waals surface area contributed by atoms with Gasteiger partial charge >= 0.3 is 0 Å². The van der Waals surface area contributed by atoms with Gasteiger partial charge in [0.15, 0.2) is 0 Å². The van der Waals surface area contributed by atoms with Gasteiger partial charge in [0.2, 0.25) is 0 Å². The molecule has 1 aromatic carbocycles. The van der Waals surface area contributed by atoms with E-state index in [4.69, 9.17) is 5.73 Å². The molecule has 0 radical (unpaired) electrons. The summed E-state index contributed by atoms with van der Waals surface area (Å²) in [5, 5.41) is 3.37. The van der Waals surface area contributed by atoms with Crippen LogP contribution in [0.5, 0.6) is 0 Å². The molecule has 0 bridgehead atoms. The van der Waals surface area contributed by atoms with Gasteiger partial charge in [-0.15, -0.1) is 0 Å². The van der Waals surface area contributed by atoms with E-state index in [1.807, 2.05) is 6.07 Å². The first-order valence-electron chi connectivity index (χ1n) is 6.59. The molecule has 3 N–H and O–H groups in total. The molecule has 2 nitrogen and oxygen atoms in total. The number of rotatable bonds is 6. The van der Waals surface area contributed by atoms with E-state index >= 15 is 0 Å². The maximum absolute atomic E-state index is 13.8. The molecular weight excluding hydrogens is 295 g/mol. The van der Waals surface area contributed by atoms with Crippen molar-refractivity contribution in [2.45, 2.75) is 31.7 Å². The molecule has 0 amide bonds. The topological polar surface area (TPSA) is 38.0 Å². The van der Waals surface area contributed by atoms with Crippen LogP contribution in [-0.2, 0) is 0 Å². The molecule has 1 aliphatic carbocycles. The highest BCUT2D eigenvalue weighted by atomic mass is 79.9. The van der Waals surface area contributed by atoms with Gasteiger partial charge in [0, 0.05) is 22.6 Å². The number of nitrogens with two attached hydrogens (primary N) is 1. The van der Waals surface area contributed by atoms with Crippen LogP contribution in [0, 0.1) is 11.7 Å². The van der Waals surface area contributed by atoms with Crippen LogP contribution in [0.3, 0.4) is 0 Å². The number of benzene rings is 1. The van der Waals surface area contributed by atoms with Crippen molar-refractivity contribution in [1.29, 1.82) is 0 Å². The first-order chi connectivity index (χ1) is 8.70. The fourth-order valence-electron chi connectivity index (χ4n) is 2.35. The minimum Gasteiger partial charge on any atom is -0.329 e. The first kappa shape index (κ1) is 14.0. The molecule has 0 heterocycles. The van der Waals surface area contributed by atoms with E-state index in [-0.39, 0.29) is 11.9 Å². The van der Waals surface area contributed by atoms with Crippen LogP contribution in [0.15, 0.2) is 22.7 Å². The Kier molecular flexibility index (Phi) is 5.15. The van der Waals surface area contributed by atoms with Crippen molar-refractivity contribution < 1.29 is 4.39 Å². The molecule has 1 aliphatic rings. The molecule has 0 aliphatic heterocycles. The number of nitrogens with one attached hydrogen (secondary N) is 1. The molecule has 1 unspecified atom stereocenters. The van der Waals surface area contributed by atoms with Crippen molar-refractivity contribution in [2.75, 3.05) is 13.1 Å². The van der Waals surface area contributed by atoms with Crippen LogP contribution in [0.1, 0.15) is 37.3 Å². The second kappa shape index (κ2) is 6.64. The van der Waals surface area contributed by atoms with Crippen LogP contribution in [-0.4, -0.2) is 13.1 Å². The molecule has 4 heteroatoms. The summed E-state index contributed by atoms with van der Waals surface area (Å²) in [5.41, 5.74) is 6.40. The van der Waals surface area contributed by atoms with E-state index in [1.54, 1.807) is 6.07 Å². The third-order valence-corrected chi connectivity index (χ3v) is 4.23. The largest absolute Gasteiger partial charge is 0.329 e. The van der Waals surface area contributed by atoms with E-state index in [0.29, 0.717) is 12.1 Å². The van der Waals surface area contributed by atoms with Gasteiger partial charge in [0.1, 0.15) is 5.82 Å². The third kappa shape index (κ3) is 3.53. The maximum atomic E-state index is 13.8. The Morgan fingerprint density at radius 3 is 2.83 bits per heavy atom. The SMILES string of the molecule is NCC(NCCC1CCC1)c1cc(Br)ccc1F. The van der Waals surface area contributed by atoms with Gasteiger partial charge in [0.25, 0.3) is 0 Å².